The molecule has 2 rings (SSSR count). The molecular formula is C11H13BrClNS. The van der Waals surface area contributed by atoms with Crippen molar-refractivity contribution in [1.82, 2.24) is 5.32 Å². The summed E-state index contributed by atoms with van der Waals surface area (Å²) in [6.07, 6.45) is 0. The molecule has 1 fully saturated rings. The molecular weight excluding hydrogens is 294 g/mol. The second-order valence-electron chi connectivity index (χ2n) is 3.90. The van der Waals surface area contributed by atoms with Crippen molar-refractivity contribution in [1.29, 1.82) is 0 Å². The third kappa shape index (κ3) is 2.90. The smallest absolute Gasteiger partial charge is 0.0790 e. The largest absolute Gasteiger partial charge is 0.301 e. The van der Waals surface area contributed by atoms with Gasteiger partial charge in [-0.05, 0) is 51.8 Å². The monoisotopic (exact) mass is 305 g/mol. The SMILES string of the molecule is CC1CNC(c2ccc(Br)c(Cl)c2)SC1. The lowest BCUT2D eigenvalue weighted by atomic mass is 10.2. The Morgan fingerprint density at radius 1 is 1.53 bits per heavy atom. The van der Waals surface area contributed by atoms with Crippen LogP contribution in [0.4, 0.5) is 0 Å². The Labute approximate surface area is 108 Å². The highest BCUT2D eigenvalue weighted by molar-refractivity contribution is 9.10. The normalized spacial score (nSPS) is 26.6. The molecule has 0 aliphatic carbocycles. The summed E-state index contributed by atoms with van der Waals surface area (Å²) in [6, 6.07) is 6.17. The number of benzene rings is 1. The van der Waals surface area contributed by atoms with Crippen LogP contribution in [0, 0.1) is 5.92 Å². The van der Waals surface area contributed by atoms with Gasteiger partial charge in [-0.2, -0.15) is 0 Å². The number of halogens is 2. The first-order valence-electron chi connectivity index (χ1n) is 4.97. The second-order valence-corrected chi connectivity index (χ2v) is 6.30. The van der Waals surface area contributed by atoms with Crippen molar-refractivity contribution in [3.05, 3.63) is 33.3 Å². The highest BCUT2D eigenvalue weighted by Gasteiger charge is 2.19. The molecule has 15 heavy (non-hydrogen) atoms. The molecule has 1 aliphatic heterocycles. The van der Waals surface area contributed by atoms with Gasteiger partial charge in [0.25, 0.3) is 0 Å². The first-order chi connectivity index (χ1) is 7.16. The van der Waals surface area contributed by atoms with Crippen LogP contribution < -0.4 is 5.32 Å². The molecule has 2 atom stereocenters. The van der Waals surface area contributed by atoms with Crippen LogP contribution in [0.3, 0.4) is 0 Å². The van der Waals surface area contributed by atoms with E-state index in [4.69, 9.17) is 11.6 Å². The number of thioether (sulfide) groups is 1. The number of hydrogen-bond donors (Lipinski definition) is 1. The Morgan fingerprint density at radius 2 is 2.33 bits per heavy atom. The maximum absolute atomic E-state index is 6.08. The average molecular weight is 307 g/mol. The van der Waals surface area contributed by atoms with Gasteiger partial charge in [0, 0.05) is 4.47 Å². The summed E-state index contributed by atoms with van der Waals surface area (Å²) in [5, 5.41) is 4.70. The summed E-state index contributed by atoms with van der Waals surface area (Å²) >= 11 is 11.4. The highest BCUT2D eigenvalue weighted by Crippen LogP contribution is 2.34. The molecule has 1 saturated heterocycles. The molecule has 1 aliphatic rings. The van der Waals surface area contributed by atoms with E-state index in [2.05, 4.69) is 34.2 Å². The van der Waals surface area contributed by atoms with Crippen LogP contribution in [0.1, 0.15) is 17.9 Å². The summed E-state index contributed by atoms with van der Waals surface area (Å²) in [5.74, 6) is 1.97. The molecule has 4 heteroatoms. The Hall–Kier alpha value is 0.300. The van der Waals surface area contributed by atoms with E-state index in [1.165, 1.54) is 11.3 Å². The zero-order valence-corrected chi connectivity index (χ0v) is 11.6. The van der Waals surface area contributed by atoms with Crippen LogP contribution in [-0.2, 0) is 0 Å². The van der Waals surface area contributed by atoms with Gasteiger partial charge in [-0.1, -0.05) is 24.6 Å². The highest BCUT2D eigenvalue weighted by atomic mass is 79.9. The Morgan fingerprint density at radius 3 is 2.93 bits per heavy atom. The lowest BCUT2D eigenvalue weighted by molar-refractivity contribution is 0.529. The fourth-order valence-electron chi connectivity index (χ4n) is 1.58. The number of rotatable bonds is 1. The van der Waals surface area contributed by atoms with Crippen LogP contribution in [0.2, 0.25) is 5.02 Å². The number of nitrogens with one attached hydrogen (secondary N) is 1. The van der Waals surface area contributed by atoms with Crippen molar-refractivity contribution < 1.29 is 0 Å². The van der Waals surface area contributed by atoms with Crippen molar-refractivity contribution in [3.63, 3.8) is 0 Å². The van der Waals surface area contributed by atoms with Crippen LogP contribution in [0.15, 0.2) is 22.7 Å². The first-order valence-corrected chi connectivity index (χ1v) is 7.18. The van der Waals surface area contributed by atoms with Gasteiger partial charge < -0.3 is 5.32 Å². The van der Waals surface area contributed by atoms with Crippen molar-refractivity contribution in [2.75, 3.05) is 12.3 Å². The fourth-order valence-corrected chi connectivity index (χ4v) is 3.20. The van der Waals surface area contributed by atoms with E-state index in [1.807, 2.05) is 23.9 Å². The van der Waals surface area contributed by atoms with Crippen molar-refractivity contribution in [2.45, 2.75) is 12.3 Å². The van der Waals surface area contributed by atoms with Crippen molar-refractivity contribution in [3.8, 4) is 0 Å². The topological polar surface area (TPSA) is 12.0 Å². The maximum Gasteiger partial charge on any atom is 0.0790 e. The Balaban J connectivity index is 2.12. The third-order valence-electron chi connectivity index (χ3n) is 2.45. The summed E-state index contributed by atoms with van der Waals surface area (Å²) < 4.78 is 0.960. The minimum atomic E-state index is 0.395. The van der Waals surface area contributed by atoms with Crippen LogP contribution in [-0.4, -0.2) is 12.3 Å². The molecule has 1 aromatic rings. The quantitative estimate of drug-likeness (QED) is 0.839. The molecule has 1 aromatic carbocycles. The predicted octanol–water partition coefficient (Wildman–Crippen LogP) is 4.07. The minimum absolute atomic E-state index is 0.395. The molecule has 0 amide bonds. The molecule has 1 N–H and O–H groups in total. The van der Waals surface area contributed by atoms with E-state index in [-0.39, 0.29) is 0 Å². The summed E-state index contributed by atoms with van der Waals surface area (Å²) in [5.41, 5.74) is 1.26. The minimum Gasteiger partial charge on any atom is -0.301 e. The van der Waals surface area contributed by atoms with Gasteiger partial charge in [-0.15, -0.1) is 11.8 Å². The number of hydrogen-bond acceptors (Lipinski definition) is 2. The van der Waals surface area contributed by atoms with Gasteiger partial charge in [0.1, 0.15) is 0 Å². The molecule has 0 spiro atoms. The third-order valence-corrected chi connectivity index (χ3v) is 5.21. The van der Waals surface area contributed by atoms with Gasteiger partial charge in [0.2, 0.25) is 0 Å². The molecule has 0 saturated carbocycles. The van der Waals surface area contributed by atoms with Gasteiger partial charge in [-0.3, -0.25) is 0 Å². The molecule has 2 unspecified atom stereocenters. The Bertz CT molecular complexity index is 350. The van der Waals surface area contributed by atoms with E-state index in [9.17, 15) is 0 Å². The van der Waals surface area contributed by atoms with Gasteiger partial charge in [0.05, 0.1) is 10.4 Å². The van der Waals surface area contributed by atoms with E-state index in [0.29, 0.717) is 5.37 Å². The predicted molar refractivity (Wildman–Crippen MR) is 71.5 cm³/mol. The zero-order valence-electron chi connectivity index (χ0n) is 8.47. The van der Waals surface area contributed by atoms with Crippen LogP contribution in [0.25, 0.3) is 0 Å². The standard InChI is InChI=1S/C11H13BrClNS/c1-7-5-14-11(15-6-7)8-2-3-9(12)10(13)4-8/h2-4,7,11,14H,5-6H2,1H3. The lowest BCUT2D eigenvalue weighted by Crippen LogP contribution is -2.31. The molecule has 0 bridgehead atoms. The van der Waals surface area contributed by atoms with Gasteiger partial charge >= 0.3 is 0 Å². The van der Waals surface area contributed by atoms with Crippen molar-refractivity contribution in [2.24, 2.45) is 5.92 Å². The lowest BCUT2D eigenvalue weighted by Gasteiger charge is -2.27. The molecule has 0 aromatic heterocycles. The summed E-state index contributed by atoms with van der Waals surface area (Å²) in [7, 11) is 0. The Kier molecular flexibility index (Phi) is 3.99. The van der Waals surface area contributed by atoms with Crippen molar-refractivity contribution >= 4 is 39.3 Å². The zero-order chi connectivity index (χ0) is 10.8. The average Bonchev–Trinajstić information content (AvgIpc) is 2.23. The van der Waals surface area contributed by atoms with Crippen LogP contribution in [0.5, 0.6) is 0 Å². The van der Waals surface area contributed by atoms with Gasteiger partial charge in [0.15, 0.2) is 0 Å². The fraction of sp³-hybridized carbons (Fsp3) is 0.455. The van der Waals surface area contributed by atoms with E-state index in [0.717, 1.165) is 22.0 Å². The molecule has 1 nitrogen and oxygen atoms in total. The summed E-state index contributed by atoms with van der Waals surface area (Å²) in [4.78, 5) is 0. The summed E-state index contributed by atoms with van der Waals surface area (Å²) in [6.45, 7) is 3.36. The second kappa shape index (κ2) is 5.09. The van der Waals surface area contributed by atoms with E-state index < -0.39 is 0 Å². The molecule has 0 radical (unpaired) electrons. The molecule has 82 valence electrons. The van der Waals surface area contributed by atoms with Gasteiger partial charge in [-0.25, -0.2) is 0 Å². The van der Waals surface area contributed by atoms with E-state index in [1.54, 1.807) is 0 Å². The molecule has 1 heterocycles. The van der Waals surface area contributed by atoms with Crippen LogP contribution >= 0.6 is 39.3 Å². The first kappa shape index (κ1) is 11.8. The maximum atomic E-state index is 6.08. The van der Waals surface area contributed by atoms with E-state index >= 15 is 0 Å².